The van der Waals surface area contributed by atoms with E-state index in [1.165, 1.54) is 0 Å². The first-order valence-electron chi connectivity index (χ1n) is 6.67. The molecule has 1 aromatic heterocycles. The van der Waals surface area contributed by atoms with Gasteiger partial charge in [0.05, 0.1) is 10.4 Å². The van der Waals surface area contributed by atoms with Crippen LogP contribution in [0.2, 0.25) is 0 Å². The van der Waals surface area contributed by atoms with E-state index >= 15 is 0 Å². The number of amides is 1. The van der Waals surface area contributed by atoms with Crippen molar-refractivity contribution < 1.29 is 4.79 Å². The molecule has 4 nitrogen and oxygen atoms in total. The Morgan fingerprint density at radius 3 is 2.47 bits per heavy atom. The summed E-state index contributed by atoms with van der Waals surface area (Å²) < 4.78 is 0. The van der Waals surface area contributed by atoms with Crippen LogP contribution in [0.25, 0.3) is 0 Å². The quantitative estimate of drug-likeness (QED) is 0.658. The average Bonchev–Trinajstić information content (AvgIpc) is 2.66. The molecule has 2 rings (SSSR count). The SMILES string of the molecule is NC(=S)C1(C(=O)Nc2ccccn2)CCCCCC1. The number of carbonyl (C=O) groups is 1. The predicted octanol–water partition coefficient (Wildman–Crippen LogP) is 2.65. The van der Waals surface area contributed by atoms with Crippen LogP contribution in [0, 0.1) is 5.41 Å². The minimum Gasteiger partial charge on any atom is -0.392 e. The van der Waals surface area contributed by atoms with Gasteiger partial charge in [0.1, 0.15) is 5.82 Å². The standard InChI is InChI=1S/C14H19N3OS/c15-12(19)14(8-4-1-2-5-9-14)13(18)17-11-7-3-6-10-16-11/h3,6-7,10H,1-2,4-5,8-9H2,(H2,15,19)(H,16,17,18). The van der Waals surface area contributed by atoms with Crippen molar-refractivity contribution >= 4 is 28.9 Å². The first-order chi connectivity index (χ1) is 9.15. The number of pyridine rings is 1. The number of hydrogen-bond acceptors (Lipinski definition) is 3. The Hall–Kier alpha value is -1.49. The van der Waals surface area contributed by atoms with E-state index in [0.29, 0.717) is 10.8 Å². The van der Waals surface area contributed by atoms with Gasteiger partial charge in [-0.25, -0.2) is 4.98 Å². The van der Waals surface area contributed by atoms with Crippen molar-refractivity contribution in [3.05, 3.63) is 24.4 Å². The second-order valence-corrected chi connectivity index (χ2v) is 5.47. The van der Waals surface area contributed by atoms with Crippen LogP contribution < -0.4 is 11.1 Å². The number of hydrogen-bond donors (Lipinski definition) is 2. The van der Waals surface area contributed by atoms with Crippen LogP contribution in [-0.4, -0.2) is 15.9 Å². The number of nitrogens with one attached hydrogen (secondary N) is 1. The molecule has 0 saturated heterocycles. The van der Waals surface area contributed by atoms with Gasteiger partial charge in [-0.15, -0.1) is 0 Å². The fourth-order valence-corrected chi connectivity index (χ4v) is 2.89. The first-order valence-corrected chi connectivity index (χ1v) is 7.08. The molecule has 1 amide bonds. The lowest BCUT2D eigenvalue weighted by Gasteiger charge is -2.29. The van der Waals surface area contributed by atoms with Gasteiger partial charge < -0.3 is 11.1 Å². The lowest BCUT2D eigenvalue weighted by Crippen LogP contribution is -2.45. The summed E-state index contributed by atoms with van der Waals surface area (Å²) in [5, 5.41) is 2.84. The number of thiocarbonyl (C=S) groups is 1. The number of nitrogens with zero attached hydrogens (tertiary/aromatic N) is 1. The van der Waals surface area contributed by atoms with Gasteiger partial charge in [-0.1, -0.05) is 44.0 Å². The summed E-state index contributed by atoms with van der Waals surface area (Å²) in [6.07, 6.45) is 7.39. The third-order valence-corrected chi connectivity index (χ3v) is 4.16. The van der Waals surface area contributed by atoms with Gasteiger partial charge in [0, 0.05) is 6.20 Å². The molecule has 0 unspecified atom stereocenters. The predicted molar refractivity (Wildman–Crippen MR) is 79.8 cm³/mol. The zero-order chi connectivity index (χ0) is 13.7. The van der Waals surface area contributed by atoms with E-state index in [1.54, 1.807) is 12.3 Å². The summed E-state index contributed by atoms with van der Waals surface area (Å²) in [4.78, 5) is 17.0. The molecule has 1 saturated carbocycles. The number of nitrogens with two attached hydrogens (primary N) is 1. The molecule has 1 aromatic rings. The van der Waals surface area contributed by atoms with Gasteiger partial charge in [0.2, 0.25) is 5.91 Å². The molecular weight excluding hydrogens is 258 g/mol. The number of aromatic nitrogens is 1. The maximum atomic E-state index is 12.6. The van der Waals surface area contributed by atoms with E-state index in [-0.39, 0.29) is 5.91 Å². The molecule has 0 bridgehead atoms. The molecule has 0 atom stereocenters. The molecule has 19 heavy (non-hydrogen) atoms. The monoisotopic (exact) mass is 277 g/mol. The fourth-order valence-electron chi connectivity index (χ4n) is 2.59. The second-order valence-electron chi connectivity index (χ2n) is 5.03. The van der Waals surface area contributed by atoms with Crippen LogP contribution in [0.5, 0.6) is 0 Å². The average molecular weight is 277 g/mol. The topological polar surface area (TPSA) is 68.0 Å². The van der Waals surface area contributed by atoms with E-state index in [4.69, 9.17) is 18.0 Å². The number of anilines is 1. The number of rotatable bonds is 3. The Morgan fingerprint density at radius 2 is 1.95 bits per heavy atom. The highest BCUT2D eigenvalue weighted by Gasteiger charge is 2.41. The lowest BCUT2D eigenvalue weighted by molar-refractivity contribution is -0.122. The van der Waals surface area contributed by atoms with E-state index in [0.717, 1.165) is 38.5 Å². The largest absolute Gasteiger partial charge is 0.392 e. The molecule has 0 aromatic carbocycles. The maximum Gasteiger partial charge on any atom is 0.238 e. The zero-order valence-corrected chi connectivity index (χ0v) is 11.7. The zero-order valence-electron chi connectivity index (χ0n) is 10.9. The van der Waals surface area contributed by atoms with Gasteiger partial charge in [-0.2, -0.15) is 0 Å². The highest BCUT2D eigenvalue weighted by molar-refractivity contribution is 7.80. The van der Waals surface area contributed by atoms with Crippen LogP contribution in [0.1, 0.15) is 38.5 Å². The molecular formula is C14H19N3OS. The van der Waals surface area contributed by atoms with Crippen molar-refractivity contribution in [3.63, 3.8) is 0 Å². The van der Waals surface area contributed by atoms with Gasteiger partial charge in [0.15, 0.2) is 0 Å². The second kappa shape index (κ2) is 6.10. The molecule has 0 radical (unpaired) electrons. The van der Waals surface area contributed by atoms with Gasteiger partial charge >= 0.3 is 0 Å². The minimum absolute atomic E-state index is 0.111. The Bertz CT molecular complexity index is 453. The van der Waals surface area contributed by atoms with Crippen molar-refractivity contribution in [1.29, 1.82) is 0 Å². The Balaban J connectivity index is 2.19. The summed E-state index contributed by atoms with van der Waals surface area (Å²) in [5.74, 6) is 0.438. The van der Waals surface area contributed by atoms with Crippen LogP contribution >= 0.6 is 12.2 Å². The van der Waals surface area contributed by atoms with E-state index in [1.807, 2.05) is 12.1 Å². The fraction of sp³-hybridized carbons (Fsp3) is 0.500. The third-order valence-electron chi connectivity index (χ3n) is 3.77. The molecule has 102 valence electrons. The summed E-state index contributed by atoms with van der Waals surface area (Å²) in [5.41, 5.74) is 5.17. The molecule has 3 N–H and O–H groups in total. The van der Waals surface area contributed by atoms with Crippen LogP contribution in [-0.2, 0) is 4.79 Å². The smallest absolute Gasteiger partial charge is 0.238 e. The van der Waals surface area contributed by atoms with Crippen LogP contribution in [0.3, 0.4) is 0 Å². The van der Waals surface area contributed by atoms with Crippen molar-refractivity contribution in [2.24, 2.45) is 11.1 Å². The number of carbonyl (C=O) groups excluding carboxylic acids is 1. The molecule has 0 aliphatic heterocycles. The summed E-state index contributed by atoms with van der Waals surface area (Å²) in [6, 6.07) is 5.41. The third kappa shape index (κ3) is 3.10. The van der Waals surface area contributed by atoms with Crippen molar-refractivity contribution in [2.45, 2.75) is 38.5 Å². The Kier molecular flexibility index (Phi) is 4.47. The van der Waals surface area contributed by atoms with Crippen molar-refractivity contribution in [1.82, 2.24) is 4.98 Å². The molecule has 1 heterocycles. The summed E-state index contributed by atoms with van der Waals surface area (Å²) >= 11 is 5.18. The molecule has 5 heteroatoms. The molecule has 1 fully saturated rings. The molecule has 0 spiro atoms. The summed E-state index contributed by atoms with van der Waals surface area (Å²) in [7, 11) is 0. The first kappa shape index (κ1) is 13.9. The van der Waals surface area contributed by atoms with Gasteiger partial charge in [0.25, 0.3) is 0 Å². The highest BCUT2D eigenvalue weighted by Crippen LogP contribution is 2.36. The minimum atomic E-state index is -0.705. The van der Waals surface area contributed by atoms with Crippen LogP contribution in [0.15, 0.2) is 24.4 Å². The lowest BCUT2D eigenvalue weighted by atomic mass is 9.79. The Morgan fingerprint density at radius 1 is 1.26 bits per heavy atom. The van der Waals surface area contributed by atoms with Crippen LogP contribution in [0.4, 0.5) is 5.82 Å². The van der Waals surface area contributed by atoms with Crippen molar-refractivity contribution in [3.8, 4) is 0 Å². The molecule has 1 aliphatic carbocycles. The highest BCUT2D eigenvalue weighted by atomic mass is 32.1. The van der Waals surface area contributed by atoms with E-state index < -0.39 is 5.41 Å². The summed E-state index contributed by atoms with van der Waals surface area (Å²) in [6.45, 7) is 0. The maximum absolute atomic E-state index is 12.6. The van der Waals surface area contributed by atoms with Gasteiger partial charge in [-0.3, -0.25) is 4.79 Å². The molecule has 1 aliphatic rings. The van der Waals surface area contributed by atoms with E-state index in [9.17, 15) is 4.79 Å². The van der Waals surface area contributed by atoms with Crippen molar-refractivity contribution in [2.75, 3.05) is 5.32 Å². The van der Waals surface area contributed by atoms with Gasteiger partial charge in [-0.05, 0) is 25.0 Å². The van der Waals surface area contributed by atoms with E-state index in [2.05, 4.69) is 10.3 Å². The Labute approximate surface area is 118 Å². The normalized spacial score (nSPS) is 18.3.